The number of nitrogens with zero attached hydrogens (tertiary/aromatic N) is 3. The summed E-state index contributed by atoms with van der Waals surface area (Å²) >= 11 is 7.58. The number of halogens is 1. The van der Waals surface area contributed by atoms with E-state index < -0.39 is 0 Å². The molecule has 3 aromatic rings. The number of hydrogen-bond acceptors (Lipinski definition) is 5. The van der Waals surface area contributed by atoms with Crippen molar-refractivity contribution in [2.75, 3.05) is 6.54 Å². The van der Waals surface area contributed by atoms with Crippen LogP contribution in [-0.2, 0) is 19.5 Å². The fraction of sp³-hybridized carbons (Fsp3) is 0.222. The highest BCUT2D eigenvalue weighted by Gasteiger charge is 2.13. The van der Waals surface area contributed by atoms with E-state index in [2.05, 4.69) is 33.8 Å². The van der Waals surface area contributed by atoms with Gasteiger partial charge in [0, 0.05) is 18.0 Å². The predicted octanol–water partition coefficient (Wildman–Crippen LogP) is 4.56. The van der Waals surface area contributed by atoms with Crippen molar-refractivity contribution >= 4 is 22.9 Å². The highest BCUT2D eigenvalue weighted by molar-refractivity contribution is 7.16. The van der Waals surface area contributed by atoms with Crippen LogP contribution in [0.15, 0.2) is 59.5 Å². The largest absolute Gasteiger partial charge is 0.424 e. The first-order valence-electron chi connectivity index (χ1n) is 7.65. The number of benzene rings is 1. The zero-order valence-corrected chi connectivity index (χ0v) is 14.8. The highest BCUT2D eigenvalue weighted by Crippen LogP contribution is 2.23. The van der Waals surface area contributed by atoms with Crippen LogP contribution in [0.3, 0.4) is 0 Å². The molecule has 0 aliphatic heterocycles. The first-order valence-corrected chi connectivity index (χ1v) is 8.85. The third-order valence-electron chi connectivity index (χ3n) is 3.46. The summed E-state index contributed by atoms with van der Waals surface area (Å²) in [5, 5.41) is 8.31. The lowest BCUT2D eigenvalue weighted by molar-refractivity contribution is 0.254. The minimum atomic E-state index is 0.587. The molecule has 4 nitrogen and oxygen atoms in total. The van der Waals surface area contributed by atoms with Crippen LogP contribution in [0.2, 0.25) is 4.34 Å². The lowest BCUT2D eigenvalue weighted by atomic mass is 10.2. The van der Waals surface area contributed by atoms with E-state index in [1.54, 1.807) is 11.3 Å². The van der Waals surface area contributed by atoms with E-state index in [9.17, 15) is 0 Å². The molecule has 3 rings (SSSR count). The van der Waals surface area contributed by atoms with Gasteiger partial charge in [-0.25, -0.2) is 0 Å². The van der Waals surface area contributed by atoms with Crippen LogP contribution >= 0.6 is 22.9 Å². The molecule has 0 saturated carbocycles. The maximum absolute atomic E-state index is 6.00. The minimum absolute atomic E-state index is 0.587. The number of aromatic nitrogens is 2. The van der Waals surface area contributed by atoms with E-state index in [1.807, 2.05) is 36.4 Å². The van der Waals surface area contributed by atoms with Crippen molar-refractivity contribution in [1.82, 2.24) is 15.1 Å². The fourth-order valence-electron chi connectivity index (χ4n) is 2.41. The Hall–Kier alpha value is -1.95. The van der Waals surface area contributed by atoms with Crippen molar-refractivity contribution in [3.05, 3.63) is 81.7 Å². The summed E-state index contributed by atoms with van der Waals surface area (Å²) in [7, 11) is 0. The average molecular weight is 360 g/mol. The van der Waals surface area contributed by atoms with Gasteiger partial charge in [0.25, 0.3) is 0 Å². The molecule has 0 bridgehead atoms. The van der Waals surface area contributed by atoms with Crippen molar-refractivity contribution in [1.29, 1.82) is 0 Å². The molecule has 0 unspecified atom stereocenters. The molecule has 2 heterocycles. The Bertz CT molecular complexity index is 784. The van der Waals surface area contributed by atoms with Gasteiger partial charge in [-0.3, -0.25) is 4.90 Å². The molecule has 0 radical (unpaired) electrons. The SMILES string of the molecule is C=CCN(Cc1nnc(Cc2ccccc2)o1)Cc1ccc(Cl)s1. The molecule has 0 aliphatic carbocycles. The van der Waals surface area contributed by atoms with E-state index in [-0.39, 0.29) is 0 Å². The molecule has 0 fully saturated rings. The molecule has 0 N–H and O–H groups in total. The Morgan fingerprint density at radius 1 is 1.08 bits per heavy atom. The molecule has 0 saturated heterocycles. The second-order valence-electron chi connectivity index (χ2n) is 5.42. The zero-order valence-electron chi connectivity index (χ0n) is 13.2. The molecule has 0 aliphatic rings. The minimum Gasteiger partial charge on any atom is -0.424 e. The van der Waals surface area contributed by atoms with Crippen LogP contribution in [0.4, 0.5) is 0 Å². The Balaban J connectivity index is 1.63. The molecular formula is C18H18ClN3OS. The Morgan fingerprint density at radius 2 is 1.88 bits per heavy atom. The molecule has 0 atom stereocenters. The van der Waals surface area contributed by atoms with Crippen molar-refractivity contribution in [2.45, 2.75) is 19.5 Å². The van der Waals surface area contributed by atoms with E-state index >= 15 is 0 Å². The van der Waals surface area contributed by atoms with E-state index in [0.717, 1.165) is 23.0 Å². The third-order valence-corrected chi connectivity index (χ3v) is 4.68. The van der Waals surface area contributed by atoms with E-state index in [4.69, 9.17) is 16.0 Å². The van der Waals surface area contributed by atoms with E-state index in [0.29, 0.717) is 24.7 Å². The fourth-order valence-corrected chi connectivity index (χ4v) is 3.54. The quantitative estimate of drug-likeness (QED) is 0.553. The van der Waals surface area contributed by atoms with Gasteiger partial charge in [-0.15, -0.1) is 28.1 Å². The summed E-state index contributed by atoms with van der Waals surface area (Å²) in [5.74, 6) is 1.25. The summed E-state index contributed by atoms with van der Waals surface area (Å²) in [6, 6.07) is 14.1. The van der Waals surface area contributed by atoms with Gasteiger partial charge in [0.15, 0.2) is 0 Å². The predicted molar refractivity (Wildman–Crippen MR) is 97.2 cm³/mol. The van der Waals surface area contributed by atoms with Crippen LogP contribution in [0.5, 0.6) is 0 Å². The molecular weight excluding hydrogens is 342 g/mol. The summed E-state index contributed by atoms with van der Waals surface area (Å²) < 4.78 is 6.58. The topological polar surface area (TPSA) is 42.2 Å². The molecule has 0 spiro atoms. The summed E-state index contributed by atoms with van der Waals surface area (Å²) in [4.78, 5) is 3.39. The van der Waals surface area contributed by atoms with Crippen LogP contribution < -0.4 is 0 Å². The lowest BCUT2D eigenvalue weighted by Crippen LogP contribution is -2.22. The Labute approximate surface area is 150 Å². The maximum atomic E-state index is 6.00. The third kappa shape index (κ3) is 4.77. The first kappa shape index (κ1) is 16.9. The average Bonchev–Trinajstić information content (AvgIpc) is 3.18. The molecule has 24 heavy (non-hydrogen) atoms. The lowest BCUT2D eigenvalue weighted by Gasteiger charge is -2.17. The van der Waals surface area contributed by atoms with Crippen LogP contribution in [0, 0.1) is 0 Å². The Morgan fingerprint density at radius 3 is 2.58 bits per heavy atom. The van der Waals surface area contributed by atoms with Gasteiger partial charge >= 0.3 is 0 Å². The smallest absolute Gasteiger partial charge is 0.230 e. The summed E-state index contributed by atoms with van der Waals surface area (Å²) in [6.45, 7) is 5.93. The molecule has 1 aromatic carbocycles. The van der Waals surface area contributed by atoms with Gasteiger partial charge in [0.2, 0.25) is 11.8 Å². The van der Waals surface area contributed by atoms with Crippen molar-refractivity contribution in [2.24, 2.45) is 0 Å². The normalized spacial score (nSPS) is 11.1. The highest BCUT2D eigenvalue weighted by atomic mass is 35.5. The van der Waals surface area contributed by atoms with Crippen LogP contribution in [-0.4, -0.2) is 21.6 Å². The van der Waals surface area contributed by atoms with Crippen LogP contribution in [0.1, 0.15) is 22.2 Å². The number of rotatable bonds is 8. The van der Waals surface area contributed by atoms with Gasteiger partial charge in [-0.05, 0) is 17.7 Å². The molecule has 2 aromatic heterocycles. The molecule has 124 valence electrons. The maximum Gasteiger partial charge on any atom is 0.230 e. The number of thiophene rings is 1. The molecule has 6 heteroatoms. The second kappa shape index (κ2) is 8.24. The summed E-state index contributed by atoms with van der Waals surface area (Å²) in [5.41, 5.74) is 1.16. The van der Waals surface area contributed by atoms with E-state index in [1.165, 1.54) is 4.88 Å². The van der Waals surface area contributed by atoms with Crippen molar-refractivity contribution in [3.8, 4) is 0 Å². The van der Waals surface area contributed by atoms with Crippen molar-refractivity contribution < 1.29 is 4.42 Å². The van der Waals surface area contributed by atoms with Gasteiger partial charge in [-0.1, -0.05) is 48.0 Å². The van der Waals surface area contributed by atoms with Crippen molar-refractivity contribution in [3.63, 3.8) is 0 Å². The Kier molecular flexibility index (Phi) is 5.80. The van der Waals surface area contributed by atoms with Crippen LogP contribution in [0.25, 0.3) is 0 Å². The first-order chi connectivity index (χ1) is 11.7. The standard InChI is InChI=1S/C18H18ClN3OS/c1-2-10-22(12-15-8-9-16(19)24-15)13-18-21-20-17(23-18)11-14-6-4-3-5-7-14/h2-9H,1,10-13H2. The van der Waals surface area contributed by atoms with Gasteiger partial charge in [0.05, 0.1) is 17.3 Å². The zero-order chi connectivity index (χ0) is 16.8. The molecule has 0 amide bonds. The van der Waals surface area contributed by atoms with Gasteiger partial charge < -0.3 is 4.42 Å². The van der Waals surface area contributed by atoms with Gasteiger partial charge in [-0.2, -0.15) is 0 Å². The summed E-state index contributed by atoms with van der Waals surface area (Å²) in [6.07, 6.45) is 2.52. The second-order valence-corrected chi connectivity index (χ2v) is 7.22. The number of hydrogen-bond donors (Lipinski definition) is 0. The van der Waals surface area contributed by atoms with Gasteiger partial charge in [0.1, 0.15) is 0 Å². The monoisotopic (exact) mass is 359 g/mol.